The van der Waals surface area contributed by atoms with E-state index < -0.39 is 17.4 Å². The highest BCUT2D eigenvalue weighted by atomic mass is 16.4. The van der Waals surface area contributed by atoms with Crippen molar-refractivity contribution >= 4 is 22.8 Å². The van der Waals surface area contributed by atoms with Crippen LogP contribution >= 0.6 is 0 Å². The minimum absolute atomic E-state index is 0.0480. The molecular formula is C17H19N3O3. The van der Waals surface area contributed by atoms with Crippen LogP contribution in [0.5, 0.6) is 0 Å². The Morgan fingerprint density at radius 2 is 2.17 bits per heavy atom. The van der Waals surface area contributed by atoms with Crippen molar-refractivity contribution in [1.29, 1.82) is 0 Å². The van der Waals surface area contributed by atoms with Gasteiger partial charge in [-0.1, -0.05) is 18.6 Å². The lowest BCUT2D eigenvalue weighted by Gasteiger charge is -2.66. The van der Waals surface area contributed by atoms with Gasteiger partial charge >= 0.3 is 5.97 Å². The molecular weight excluding hydrogens is 294 g/mol. The molecule has 1 amide bonds. The number of para-hydroxylation sites is 1. The molecule has 0 saturated heterocycles. The van der Waals surface area contributed by atoms with Crippen LogP contribution in [0.15, 0.2) is 24.4 Å². The second-order valence-corrected chi connectivity index (χ2v) is 7.03. The fourth-order valence-electron chi connectivity index (χ4n) is 4.39. The minimum Gasteiger partial charge on any atom is -0.481 e. The van der Waals surface area contributed by atoms with Crippen LogP contribution in [0.4, 0.5) is 0 Å². The predicted molar refractivity (Wildman–Crippen MR) is 84.0 cm³/mol. The summed E-state index contributed by atoms with van der Waals surface area (Å²) in [4.78, 5) is 24.4. The first-order chi connectivity index (χ1) is 11.0. The molecule has 1 aromatic heterocycles. The third kappa shape index (κ3) is 1.77. The Labute approximate surface area is 133 Å². The largest absolute Gasteiger partial charge is 0.481 e. The summed E-state index contributed by atoms with van der Waals surface area (Å²) in [6, 6.07) is 5.43. The molecule has 2 unspecified atom stereocenters. The first-order valence-corrected chi connectivity index (χ1v) is 7.94. The number of aromatic nitrogens is 2. The van der Waals surface area contributed by atoms with Crippen LogP contribution in [-0.4, -0.2) is 32.7 Å². The van der Waals surface area contributed by atoms with Crippen molar-refractivity contribution in [1.82, 2.24) is 15.5 Å². The molecule has 0 radical (unpaired) electrons. The van der Waals surface area contributed by atoms with Gasteiger partial charge in [-0.15, -0.1) is 0 Å². The quantitative estimate of drug-likeness (QED) is 0.810. The maximum atomic E-state index is 12.8. The van der Waals surface area contributed by atoms with Gasteiger partial charge in [-0.05, 0) is 37.7 Å². The van der Waals surface area contributed by atoms with E-state index in [-0.39, 0.29) is 11.3 Å². The number of carboxylic acids is 1. The molecule has 4 rings (SSSR count). The molecule has 1 heterocycles. The summed E-state index contributed by atoms with van der Waals surface area (Å²) in [5, 5.41) is 20.2. The Balaban J connectivity index is 1.67. The molecule has 2 aliphatic rings. The van der Waals surface area contributed by atoms with Crippen LogP contribution in [0.2, 0.25) is 0 Å². The van der Waals surface area contributed by atoms with Gasteiger partial charge in [-0.3, -0.25) is 14.7 Å². The fourth-order valence-corrected chi connectivity index (χ4v) is 4.39. The zero-order valence-corrected chi connectivity index (χ0v) is 12.9. The molecule has 0 bridgehead atoms. The number of benzene rings is 1. The number of amides is 1. The van der Waals surface area contributed by atoms with Crippen LogP contribution in [0.3, 0.4) is 0 Å². The number of aliphatic carboxylic acids is 1. The lowest BCUT2D eigenvalue weighted by Crippen LogP contribution is -2.74. The summed E-state index contributed by atoms with van der Waals surface area (Å²) in [5.74, 6) is -1.59. The van der Waals surface area contributed by atoms with Crippen LogP contribution in [0, 0.1) is 11.3 Å². The number of hydrogen-bond acceptors (Lipinski definition) is 3. The van der Waals surface area contributed by atoms with Crippen molar-refractivity contribution in [3.63, 3.8) is 0 Å². The third-order valence-electron chi connectivity index (χ3n) is 6.10. The summed E-state index contributed by atoms with van der Waals surface area (Å²) in [5.41, 5.74) is 0.457. The van der Waals surface area contributed by atoms with Gasteiger partial charge in [0.15, 0.2) is 0 Å². The Bertz CT molecular complexity index is 808. The zero-order valence-electron chi connectivity index (χ0n) is 12.9. The number of rotatable bonds is 3. The van der Waals surface area contributed by atoms with E-state index in [0.29, 0.717) is 17.5 Å². The van der Waals surface area contributed by atoms with Crippen LogP contribution in [-0.2, 0) is 4.79 Å². The van der Waals surface area contributed by atoms with Gasteiger partial charge in [-0.2, -0.15) is 5.10 Å². The van der Waals surface area contributed by atoms with Crippen molar-refractivity contribution in [2.24, 2.45) is 11.3 Å². The van der Waals surface area contributed by atoms with Gasteiger partial charge in [0.25, 0.3) is 5.91 Å². The lowest BCUT2D eigenvalue weighted by atomic mass is 9.41. The van der Waals surface area contributed by atoms with E-state index in [1.165, 1.54) is 0 Å². The van der Waals surface area contributed by atoms with E-state index in [2.05, 4.69) is 15.5 Å². The van der Waals surface area contributed by atoms with Crippen molar-refractivity contribution in [3.8, 4) is 0 Å². The van der Waals surface area contributed by atoms with Gasteiger partial charge in [0.1, 0.15) is 0 Å². The first kappa shape index (κ1) is 14.2. The highest BCUT2D eigenvalue weighted by Gasteiger charge is 2.67. The smallest absolute Gasteiger partial charge is 0.308 e. The number of hydrogen-bond donors (Lipinski definition) is 3. The van der Waals surface area contributed by atoms with Crippen molar-refractivity contribution in [3.05, 3.63) is 30.0 Å². The molecule has 1 aromatic carbocycles. The molecule has 2 aromatic rings. The Morgan fingerprint density at radius 3 is 2.83 bits per heavy atom. The summed E-state index contributed by atoms with van der Waals surface area (Å²) in [6.07, 6.45) is 5.41. The van der Waals surface area contributed by atoms with E-state index in [9.17, 15) is 14.7 Å². The monoisotopic (exact) mass is 313 g/mol. The van der Waals surface area contributed by atoms with Gasteiger partial charge in [-0.25, -0.2) is 0 Å². The van der Waals surface area contributed by atoms with E-state index in [1.807, 2.05) is 19.1 Å². The van der Waals surface area contributed by atoms with Crippen molar-refractivity contribution in [2.45, 2.75) is 38.1 Å². The van der Waals surface area contributed by atoms with E-state index >= 15 is 0 Å². The van der Waals surface area contributed by atoms with E-state index in [0.717, 1.165) is 24.6 Å². The molecule has 6 heteroatoms. The molecule has 2 atom stereocenters. The van der Waals surface area contributed by atoms with Crippen LogP contribution < -0.4 is 5.32 Å². The van der Waals surface area contributed by atoms with Crippen LogP contribution in [0.25, 0.3) is 10.9 Å². The van der Waals surface area contributed by atoms with Gasteiger partial charge in [0.2, 0.25) is 0 Å². The summed E-state index contributed by atoms with van der Waals surface area (Å²) >= 11 is 0. The molecule has 0 aliphatic heterocycles. The SMILES string of the molecule is CC1(NC(=O)c2cccc3cn[nH]c23)C(C(=O)O)CC12CCC2. The number of nitrogens with one attached hydrogen (secondary N) is 2. The molecule has 2 saturated carbocycles. The number of aromatic amines is 1. The van der Waals surface area contributed by atoms with Crippen LogP contribution in [0.1, 0.15) is 43.0 Å². The van der Waals surface area contributed by atoms with Gasteiger partial charge in [0.05, 0.1) is 28.7 Å². The highest BCUT2D eigenvalue weighted by molar-refractivity contribution is 6.06. The van der Waals surface area contributed by atoms with E-state index in [4.69, 9.17) is 0 Å². The Kier molecular flexibility index (Phi) is 2.83. The molecule has 120 valence electrons. The number of fused-ring (bicyclic) bond motifs is 1. The Morgan fingerprint density at radius 1 is 1.39 bits per heavy atom. The fraction of sp³-hybridized carbons (Fsp3) is 0.471. The summed E-state index contributed by atoms with van der Waals surface area (Å²) in [6.45, 7) is 1.89. The number of nitrogens with zero attached hydrogens (tertiary/aromatic N) is 1. The average molecular weight is 313 g/mol. The summed E-state index contributed by atoms with van der Waals surface area (Å²) in [7, 11) is 0. The van der Waals surface area contributed by atoms with Gasteiger partial charge < -0.3 is 10.4 Å². The zero-order chi connectivity index (χ0) is 16.2. The first-order valence-electron chi connectivity index (χ1n) is 7.94. The van der Waals surface area contributed by atoms with E-state index in [1.54, 1.807) is 12.3 Å². The highest BCUT2D eigenvalue weighted by Crippen LogP contribution is 2.64. The van der Waals surface area contributed by atoms with Gasteiger partial charge in [0, 0.05) is 5.39 Å². The average Bonchev–Trinajstić information content (AvgIpc) is 2.92. The topological polar surface area (TPSA) is 95.1 Å². The number of H-pyrrole nitrogens is 1. The molecule has 2 aliphatic carbocycles. The lowest BCUT2D eigenvalue weighted by molar-refractivity contribution is -0.177. The van der Waals surface area contributed by atoms with Crippen molar-refractivity contribution < 1.29 is 14.7 Å². The second kappa shape index (κ2) is 4.57. The number of carbonyl (C=O) groups is 2. The predicted octanol–water partition coefficient (Wildman–Crippen LogP) is 2.33. The van der Waals surface area contributed by atoms with Crippen molar-refractivity contribution in [2.75, 3.05) is 0 Å². The minimum atomic E-state index is -0.829. The second-order valence-electron chi connectivity index (χ2n) is 7.03. The normalized spacial score (nSPS) is 28.1. The molecule has 2 fully saturated rings. The molecule has 23 heavy (non-hydrogen) atoms. The third-order valence-corrected chi connectivity index (χ3v) is 6.10. The molecule has 6 nitrogen and oxygen atoms in total. The maximum absolute atomic E-state index is 12.8. The Hall–Kier alpha value is -2.37. The summed E-state index contributed by atoms with van der Waals surface area (Å²) < 4.78 is 0. The standard InChI is InChI=1S/C17H19N3O3/c1-16(12(15(22)23)8-17(16)6-3-7-17)19-14(21)11-5-2-4-10-9-18-20-13(10)11/h2,4-5,9,12H,3,6-8H2,1H3,(H,18,20)(H,19,21)(H,22,23). The maximum Gasteiger partial charge on any atom is 0.308 e. The molecule has 1 spiro atoms. The molecule has 3 N–H and O–H groups in total. The number of carboxylic acid groups (broad SMARTS) is 1. The number of carbonyl (C=O) groups excluding carboxylic acids is 1.